The highest BCUT2D eigenvalue weighted by atomic mass is 31.2. The molecule has 53 heavy (non-hydrogen) atoms. The van der Waals surface area contributed by atoms with Gasteiger partial charge in [0.05, 0.1) is 0 Å². The van der Waals surface area contributed by atoms with Crippen molar-refractivity contribution < 1.29 is 23.5 Å². The van der Waals surface area contributed by atoms with Crippen molar-refractivity contribution in [3.05, 3.63) is 142 Å². The fraction of sp³-hybridized carbons (Fsp3) is 0.217. The summed E-state index contributed by atoms with van der Waals surface area (Å²) in [6.07, 6.45) is 0. The van der Waals surface area contributed by atoms with Crippen LogP contribution in [-0.4, -0.2) is 13.6 Å². The van der Waals surface area contributed by atoms with E-state index in [4.69, 9.17) is 18.9 Å². The second kappa shape index (κ2) is 13.5. The average Bonchev–Trinajstić information content (AvgIpc) is 3.76. The largest absolute Gasteiger partial charge is 0.454 e. The summed E-state index contributed by atoms with van der Waals surface area (Å²) in [7, 11) is -4.76. The predicted octanol–water partition coefficient (Wildman–Crippen LogP) is 8.68. The molecule has 0 atom stereocenters. The van der Waals surface area contributed by atoms with Gasteiger partial charge in [-0.3, -0.25) is 0 Å². The Morgan fingerprint density at radius 3 is 1.26 bits per heavy atom. The monoisotopic (exact) mass is 738 g/mol. The molecular formula is C46H44O5P2. The molecule has 6 aromatic rings. The molecule has 0 amide bonds. The maximum absolute atomic E-state index is 16.8. The van der Waals surface area contributed by atoms with Crippen LogP contribution in [0.1, 0.15) is 44.5 Å². The third kappa shape index (κ3) is 6.35. The van der Waals surface area contributed by atoms with E-state index < -0.39 is 15.1 Å². The average molecular weight is 739 g/mol. The van der Waals surface area contributed by atoms with E-state index in [2.05, 4.69) is 134 Å². The van der Waals surface area contributed by atoms with Gasteiger partial charge in [0.15, 0.2) is 30.1 Å². The molecule has 2 heterocycles. The summed E-state index contributed by atoms with van der Waals surface area (Å²) in [5.74, 6) is 2.45. The van der Waals surface area contributed by atoms with Gasteiger partial charge in [-0.25, -0.2) is 0 Å². The number of hydrogen-bond acceptors (Lipinski definition) is 5. The van der Waals surface area contributed by atoms with Crippen molar-refractivity contribution >= 4 is 46.9 Å². The molecule has 268 valence electrons. The molecule has 7 heteroatoms. The van der Waals surface area contributed by atoms with Crippen molar-refractivity contribution in [3.63, 3.8) is 0 Å². The summed E-state index contributed by atoms with van der Waals surface area (Å²) in [4.78, 5) is 0. The molecule has 0 radical (unpaired) electrons. The molecule has 2 aliphatic rings. The summed E-state index contributed by atoms with van der Waals surface area (Å²) >= 11 is 0. The summed E-state index contributed by atoms with van der Waals surface area (Å²) in [6, 6.07) is 34.3. The molecular weight excluding hydrogens is 694 g/mol. The molecule has 0 unspecified atom stereocenters. The Kier molecular flexibility index (Phi) is 9.00. The van der Waals surface area contributed by atoms with Crippen LogP contribution in [0, 0.1) is 55.4 Å². The number of aryl methyl sites for hydroxylation is 8. The molecule has 0 bridgehead atoms. The van der Waals surface area contributed by atoms with Crippen molar-refractivity contribution in [2.45, 2.75) is 55.4 Å². The lowest BCUT2D eigenvalue weighted by Gasteiger charge is -2.28. The van der Waals surface area contributed by atoms with Gasteiger partial charge in [0.1, 0.15) is 0 Å². The van der Waals surface area contributed by atoms with Gasteiger partial charge in [0, 0.05) is 27.0 Å². The van der Waals surface area contributed by atoms with Crippen molar-refractivity contribution in [2.75, 3.05) is 13.6 Å². The fourth-order valence-corrected chi connectivity index (χ4v) is 14.2. The Morgan fingerprint density at radius 1 is 0.453 bits per heavy atom. The lowest BCUT2D eigenvalue weighted by atomic mass is 10.0. The van der Waals surface area contributed by atoms with Gasteiger partial charge in [0.2, 0.25) is 13.6 Å². The maximum Gasteiger partial charge on any atom is 0.231 e. The van der Waals surface area contributed by atoms with Gasteiger partial charge in [0.25, 0.3) is 0 Å². The lowest BCUT2D eigenvalue weighted by Crippen LogP contribution is -2.29. The second-order valence-electron chi connectivity index (χ2n) is 14.7. The summed E-state index contributed by atoms with van der Waals surface area (Å²) in [5, 5.41) is 5.74. The first-order valence-electron chi connectivity index (χ1n) is 18.0. The summed E-state index contributed by atoms with van der Waals surface area (Å²) in [5.41, 5.74) is 10.6. The van der Waals surface area contributed by atoms with Crippen LogP contribution in [0.2, 0.25) is 0 Å². The molecule has 0 saturated carbocycles. The van der Waals surface area contributed by atoms with Crippen LogP contribution in [0.5, 0.6) is 23.0 Å². The minimum atomic E-state index is -3.59. The first-order valence-corrected chi connectivity index (χ1v) is 21.0. The van der Waals surface area contributed by atoms with Crippen LogP contribution in [0.15, 0.2) is 97.1 Å². The minimum Gasteiger partial charge on any atom is -0.454 e. The zero-order valence-electron chi connectivity index (χ0n) is 31.6. The van der Waals surface area contributed by atoms with Gasteiger partial charge >= 0.3 is 0 Å². The van der Waals surface area contributed by atoms with Gasteiger partial charge in [-0.1, -0.05) is 93.0 Å². The van der Waals surface area contributed by atoms with Gasteiger partial charge in [-0.15, -0.1) is 0 Å². The normalized spacial score (nSPS) is 13.2. The molecule has 8 rings (SSSR count). The molecule has 0 fully saturated rings. The highest BCUT2D eigenvalue weighted by Crippen LogP contribution is 2.55. The predicted molar refractivity (Wildman–Crippen MR) is 220 cm³/mol. The standard InChI is InChI=1S/C46H44O5P2/c1-27-13-28(2)18-35(17-27)52(36-19-29(3)14-30(4)20-36)41-11-9-39-45(50-25-48-39)43(41)44-42(12-10-40-46(44)51-26-49-40)53(47,37-21-31(5)15-32(6)22-37)38-23-33(7)16-34(8)24-38/h9-24H,25-26H2,1-8H3. The summed E-state index contributed by atoms with van der Waals surface area (Å²) in [6.45, 7) is 17.0. The first kappa shape index (κ1) is 35.2. The zero-order valence-corrected chi connectivity index (χ0v) is 33.4. The van der Waals surface area contributed by atoms with Crippen LogP contribution in [0.3, 0.4) is 0 Å². The topological polar surface area (TPSA) is 54.0 Å². The van der Waals surface area contributed by atoms with E-state index in [1.807, 2.05) is 18.2 Å². The van der Waals surface area contributed by atoms with Gasteiger partial charge in [-0.05, 0) is 128 Å². The number of rotatable bonds is 7. The van der Waals surface area contributed by atoms with Crippen LogP contribution < -0.4 is 50.8 Å². The van der Waals surface area contributed by atoms with Gasteiger partial charge < -0.3 is 23.5 Å². The van der Waals surface area contributed by atoms with E-state index in [1.165, 1.54) is 32.9 Å². The quantitative estimate of drug-likeness (QED) is 0.154. The Balaban J connectivity index is 1.53. The fourth-order valence-electron chi connectivity index (χ4n) is 8.13. The lowest BCUT2D eigenvalue weighted by molar-refractivity contribution is 0.173. The molecule has 0 N–H and O–H groups in total. The van der Waals surface area contributed by atoms with E-state index in [1.54, 1.807) is 0 Å². The molecule has 5 nitrogen and oxygen atoms in total. The third-order valence-corrected chi connectivity index (χ3v) is 15.4. The van der Waals surface area contributed by atoms with Crippen LogP contribution in [0.4, 0.5) is 0 Å². The SMILES string of the molecule is Cc1cc(C)cc(P(c2cc(C)cc(C)c2)c2ccc3c(c2-c2c(P(=O)(c4cc(C)cc(C)c4)c4cc(C)cc(C)c4)ccc4c2OCO4)OCO3)c1. The molecule has 0 aromatic heterocycles. The molecule has 6 aromatic carbocycles. The van der Waals surface area contributed by atoms with E-state index in [9.17, 15) is 0 Å². The van der Waals surface area contributed by atoms with Crippen LogP contribution >= 0.6 is 15.1 Å². The summed E-state index contributed by atoms with van der Waals surface area (Å²) < 4.78 is 41.8. The Morgan fingerprint density at radius 2 is 0.830 bits per heavy atom. The van der Waals surface area contributed by atoms with Gasteiger partial charge in [-0.2, -0.15) is 0 Å². The maximum atomic E-state index is 16.8. The number of hydrogen-bond donors (Lipinski definition) is 0. The van der Waals surface area contributed by atoms with Crippen LogP contribution in [-0.2, 0) is 4.57 Å². The smallest absolute Gasteiger partial charge is 0.231 e. The zero-order chi connectivity index (χ0) is 37.2. The van der Waals surface area contributed by atoms with Crippen molar-refractivity contribution in [1.82, 2.24) is 0 Å². The first-order chi connectivity index (χ1) is 25.4. The van der Waals surface area contributed by atoms with E-state index in [0.717, 1.165) is 49.3 Å². The molecule has 0 spiro atoms. The van der Waals surface area contributed by atoms with Crippen LogP contribution in [0.25, 0.3) is 11.1 Å². The van der Waals surface area contributed by atoms with E-state index in [0.29, 0.717) is 28.3 Å². The Bertz CT molecular complexity index is 2310. The van der Waals surface area contributed by atoms with E-state index in [-0.39, 0.29) is 13.6 Å². The molecule has 0 saturated heterocycles. The van der Waals surface area contributed by atoms with Crippen molar-refractivity contribution in [2.24, 2.45) is 0 Å². The Hall–Kier alpha value is -4.82. The van der Waals surface area contributed by atoms with Crippen molar-refractivity contribution in [3.8, 4) is 34.1 Å². The molecule has 2 aliphatic heterocycles. The highest BCUT2D eigenvalue weighted by Gasteiger charge is 2.40. The highest BCUT2D eigenvalue weighted by molar-refractivity contribution is 7.85. The molecule has 0 aliphatic carbocycles. The van der Waals surface area contributed by atoms with Crippen molar-refractivity contribution in [1.29, 1.82) is 0 Å². The van der Waals surface area contributed by atoms with E-state index >= 15 is 4.57 Å². The minimum absolute atomic E-state index is 0.0633. The number of ether oxygens (including phenoxy) is 4. The Labute approximate surface area is 314 Å². The number of benzene rings is 6. The number of fused-ring (bicyclic) bond motifs is 2. The third-order valence-electron chi connectivity index (χ3n) is 9.93. The second-order valence-corrected chi connectivity index (χ2v) is 19.6.